The molecular formula is C11H17N3. The Morgan fingerprint density at radius 2 is 1.79 bits per heavy atom. The molecule has 0 amide bonds. The average Bonchev–Trinajstić information content (AvgIpc) is 2.34. The number of nitrogens with zero attached hydrogens (tertiary/aromatic N) is 1. The first-order valence-electron chi connectivity index (χ1n) is 4.63. The summed E-state index contributed by atoms with van der Waals surface area (Å²) in [5.74, 6) is 5.12. The molecule has 1 rings (SSSR count). The second-order valence-electron chi connectivity index (χ2n) is 3.70. The molecule has 1 aromatic heterocycles. The summed E-state index contributed by atoms with van der Waals surface area (Å²) in [5, 5.41) is 3.52. The molecular weight excluding hydrogens is 174 g/mol. The molecule has 0 aliphatic carbocycles. The molecule has 0 aliphatic heterocycles. The smallest absolute Gasteiger partial charge is 0.0703 e. The first-order valence-corrected chi connectivity index (χ1v) is 4.63. The molecule has 0 radical (unpaired) electrons. The first-order chi connectivity index (χ1) is 6.56. The zero-order valence-corrected chi connectivity index (χ0v) is 9.18. The highest BCUT2D eigenvalue weighted by molar-refractivity contribution is 5.81. The van der Waals surface area contributed by atoms with Gasteiger partial charge in [-0.15, -0.1) is 0 Å². The van der Waals surface area contributed by atoms with Crippen molar-refractivity contribution in [2.24, 2.45) is 10.9 Å². The molecule has 76 valence electrons. The molecule has 0 saturated carbocycles. The lowest BCUT2D eigenvalue weighted by atomic mass is 10.1. The number of rotatable bonds is 2. The number of hydrazone groups is 1. The summed E-state index contributed by atoms with van der Waals surface area (Å²) >= 11 is 0. The second kappa shape index (κ2) is 4.13. The summed E-state index contributed by atoms with van der Waals surface area (Å²) in [6.07, 6.45) is 3.76. The largest absolute Gasteiger partial charge is 0.354 e. The third-order valence-corrected chi connectivity index (χ3v) is 2.28. The molecule has 3 N–H and O–H groups in total. The lowest BCUT2D eigenvalue weighted by Gasteiger charge is -1.93. The lowest BCUT2D eigenvalue weighted by Crippen LogP contribution is -1.88. The van der Waals surface area contributed by atoms with E-state index < -0.39 is 0 Å². The molecule has 0 aliphatic rings. The Kier molecular flexibility index (Phi) is 3.12. The van der Waals surface area contributed by atoms with Gasteiger partial charge in [-0.2, -0.15) is 5.10 Å². The predicted molar refractivity (Wildman–Crippen MR) is 61.4 cm³/mol. The summed E-state index contributed by atoms with van der Waals surface area (Å²) in [6, 6.07) is 0. The first kappa shape index (κ1) is 10.6. The highest BCUT2D eigenvalue weighted by Gasteiger charge is 2.06. The maximum atomic E-state index is 5.12. The third-order valence-electron chi connectivity index (χ3n) is 2.28. The van der Waals surface area contributed by atoms with Gasteiger partial charge >= 0.3 is 0 Å². The lowest BCUT2D eigenvalue weighted by molar-refractivity contribution is 1.24. The van der Waals surface area contributed by atoms with Gasteiger partial charge in [0.05, 0.1) is 11.9 Å². The standard InChI is InChI=1S/C11H17N3/c1-7(2)5-10-8(3)9(4)11(14-10)6-13-12/h5-6,14H,12H2,1-4H3. The number of aromatic amines is 1. The van der Waals surface area contributed by atoms with Crippen LogP contribution in [0.5, 0.6) is 0 Å². The van der Waals surface area contributed by atoms with Gasteiger partial charge < -0.3 is 10.8 Å². The van der Waals surface area contributed by atoms with Crippen LogP contribution in [0.15, 0.2) is 10.7 Å². The molecule has 14 heavy (non-hydrogen) atoms. The minimum Gasteiger partial charge on any atom is -0.354 e. The van der Waals surface area contributed by atoms with E-state index in [0.717, 1.165) is 11.4 Å². The number of allylic oxidation sites excluding steroid dienone is 1. The summed E-state index contributed by atoms with van der Waals surface area (Å²) in [6.45, 7) is 8.30. The van der Waals surface area contributed by atoms with Crippen molar-refractivity contribution < 1.29 is 0 Å². The van der Waals surface area contributed by atoms with Gasteiger partial charge in [-0.1, -0.05) is 5.57 Å². The summed E-state index contributed by atoms with van der Waals surface area (Å²) in [7, 11) is 0. The summed E-state index contributed by atoms with van der Waals surface area (Å²) in [5.41, 5.74) is 5.84. The molecule has 0 atom stereocenters. The normalized spacial score (nSPS) is 10.9. The third kappa shape index (κ3) is 2.05. The van der Waals surface area contributed by atoms with E-state index in [-0.39, 0.29) is 0 Å². The molecule has 0 saturated heterocycles. The highest BCUT2D eigenvalue weighted by atomic mass is 15.1. The fourth-order valence-corrected chi connectivity index (χ4v) is 1.37. The van der Waals surface area contributed by atoms with Gasteiger partial charge in [0, 0.05) is 5.69 Å². The van der Waals surface area contributed by atoms with Crippen LogP contribution in [-0.2, 0) is 0 Å². The summed E-state index contributed by atoms with van der Waals surface area (Å²) in [4.78, 5) is 3.28. The van der Waals surface area contributed by atoms with E-state index >= 15 is 0 Å². The van der Waals surface area contributed by atoms with E-state index in [1.54, 1.807) is 6.21 Å². The second-order valence-corrected chi connectivity index (χ2v) is 3.70. The molecule has 1 heterocycles. The Balaban J connectivity index is 3.21. The van der Waals surface area contributed by atoms with Gasteiger partial charge in [0.15, 0.2) is 0 Å². The highest BCUT2D eigenvalue weighted by Crippen LogP contribution is 2.18. The molecule has 0 bridgehead atoms. The van der Waals surface area contributed by atoms with Gasteiger partial charge in [0.1, 0.15) is 0 Å². The van der Waals surface area contributed by atoms with E-state index in [1.807, 2.05) is 0 Å². The Morgan fingerprint density at radius 3 is 2.29 bits per heavy atom. The quantitative estimate of drug-likeness (QED) is 0.421. The Labute approximate surface area is 84.7 Å². The number of aromatic nitrogens is 1. The number of H-pyrrole nitrogens is 1. The van der Waals surface area contributed by atoms with Crippen molar-refractivity contribution in [3.63, 3.8) is 0 Å². The monoisotopic (exact) mass is 191 g/mol. The van der Waals surface area contributed by atoms with Crippen molar-refractivity contribution in [1.82, 2.24) is 4.98 Å². The minimum absolute atomic E-state index is 0.984. The predicted octanol–water partition coefficient (Wildman–Crippen LogP) is 2.35. The van der Waals surface area contributed by atoms with E-state index in [1.165, 1.54) is 16.7 Å². The molecule has 3 heteroatoms. The molecule has 0 aromatic carbocycles. The van der Waals surface area contributed by atoms with Crippen molar-refractivity contribution in [1.29, 1.82) is 0 Å². The molecule has 0 fully saturated rings. The van der Waals surface area contributed by atoms with Gasteiger partial charge in [0.25, 0.3) is 0 Å². The van der Waals surface area contributed by atoms with Crippen molar-refractivity contribution in [2.75, 3.05) is 0 Å². The van der Waals surface area contributed by atoms with Crippen molar-refractivity contribution in [3.05, 3.63) is 28.1 Å². The van der Waals surface area contributed by atoms with Crippen LogP contribution in [0, 0.1) is 13.8 Å². The zero-order valence-electron chi connectivity index (χ0n) is 9.18. The van der Waals surface area contributed by atoms with Crippen LogP contribution in [0.4, 0.5) is 0 Å². The van der Waals surface area contributed by atoms with Gasteiger partial charge in [-0.3, -0.25) is 0 Å². The van der Waals surface area contributed by atoms with Crippen LogP contribution in [0.1, 0.15) is 36.4 Å². The van der Waals surface area contributed by atoms with Gasteiger partial charge in [-0.25, -0.2) is 0 Å². The zero-order chi connectivity index (χ0) is 10.7. The van der Waals surface area contributed by atoms with E-state index in [2.05, 4.69) is 43.9 Å². The number of hydrogen-bond donors (Lipinski definition) is 2. The van der Waals surface area contributed by atoms with E-state index in [4.69, 9.17) is 5.84 Å². The Bertz CT molecular complexity index is 379. The maximum absolute atomic E-state index is 5.12. The van der Waals surface area contributed by atoms with Crippen molar-refractivity contribution in [2.45, 2.75) is 27.7 Å². The SMILES string of the molecule is CC(C)=Cc1[nH]c(C=NN)c(C)c1C. The fraction of sp³-hybridized carbons (Fsp3) is 0.364. The van der Waals surface area contributed by atoms with Gasteiger partial charge in [-0.05, 0) is 44.9 Å². The minimum atomic E-state index is 0.984. The van der Waals surface area contributed by atoms with Crippen molar-refractivity contribution >= 4 is 12.3 Å². The molecule has 0 spiro atoms. The van der Waals surface area contributed by atoms with Crippen LogP contribution >= 0.6 is 0 Å². The van der Waals surface area contributed by atoms with Gasteiger partial charge in [0.2, 0.25) is 0 Å². The van der Waals surface area contributed by atoms with E-state index in [0.29, 0.717) is 0 Å². The van der Waals surface area contributed by atoms with E-state index in [9.17, 15) is 0 Å². The van der Waals surface area contributed by atoms with Crippen LogP contribution in [0.2, 0.25) is 0 Å². The number of nitrogens with two attached hydrogens (primary N) is 1. The Morgan fingerprint density at radius 1 is 1.21 bits per heavy atom. The molecule has 1 aromatic rings. The number of nitrogens with one attached hydrogen (secondary N) is 1. The molecule has 0 unspecified atom stereocenters. The maximum Gasteiger partial charge on any atom is 0.0703 e. The average molecular weight is 191 g/mol. The topological polar surface area (TPSA) is 54.2 Å². The van der Waals surface area contributed by atoms with Crippen LogP contribution in [0.25, 0.3) is 6.08 Å². The Hall–Kier alpha value is -1.51. The van der Waals surface area contributed by atoms with Crippen LogP contribution < -0.4 is 5.84 Å². The van der Waals surface area contributed by atoms with Crippen molar-refractivity contribution in [3.8, 4) is 0 Å². The van der Waals surface area contributed by atoms with Crippen LogP contribution in [0.3, 0.4) is 0 Å². The number of hydrogen-bond acceptors (Lipinski definition) is 2. The summed E-state index contributed by atoms with van der Waals surface area (Å²) < 4.78 is 0. The fourth-order valence-electron chi connectivity index (χ4n) is 1.37. The molecule has 3 nitrogen and oxygen atoms in total. The van der Waals surface area contributed by atoms with Crippen LogP contribution in [-0.4, -0.2) is 11.2 Å².